The van der Waals surface area contributed by atoms with Crippen LogP contribution in [0.1, 0.15) is 34.1 Å². The molecule has 0 spiro atoms. The van der Waals surface area contributed by atoms with Crippen LogP contribution in [0.2, 0.25) is 0 Å². The SMILES string of the molecule is C/C=C\N/C(=C/C=C(C)C)CC. The van der Waals surface area contributed by atoms with Crippen LogP contribution in [0.5, 0.6) is 0 Å². The van der Waals surface area contributed by atoms with Gasteiger partial charge in [-0.05, 0) is 39.5 Å². The molecule has 0 fully saturated rings. The Bertz CT molecular complexity index is 193. The van der Waals surface area contributed by atoms with E-state index in [2.05, 4.69) is 38.2 Å². The summed E-state index contributed by atoms with van der Waals surface area (Å²) in [6.45, 7) is 8.33. The van der Waals surface area contributed by atoms with Gasteiger partial charge in [0, 0.05) is 5.70 Å². The Balaban J connectivity index is 4.13. The molecule has 0 atom stereocenters. The Morgan fingerprint density at radius 3 is 2.33 bits per heavy atom. The summed E-state index contributed by atoms with van der Waals surface area (Å²) in [4.78, 5) is 0. The molecular weight excluding hydrogens is 146 g/mol. The third kappa shape index (κ3) is 5.78. The fourth-order valence-electron chi connectivity index (χ4n) is 0.726. The first kappa shape index (κ1) is 11.0. The Morgan fingerprint density at radius 2 is 1.92 bits per heavy atom. The van der Waals surface area contributed by atoms with Gasteiger partial charge in [0.15, 0.2) is 0 Å². The summed E-state index contributed by atoms with van der Waals surface area (Å²) in [7, 11) is 0. The molecule has 68 valence electrons. The van der Waals surface area contributed by atoms with Gasteiger partial charge in [-0.2, -0.15) is 0 Å². The lowest BCUT2D eigenvalue weighted by molar-refractivity contribution is 0.942. The van der Waals surface area contributed by atoms with Crippen molar-refractivity contribution in [3.63, 3.8) is 0 Å². The lowest BCUT2D eigenvalue weighted by Crippen LogP contribution is -2.02. The molecule has 0 radical (unpaired) electrons. The number of hydrogen-bond acceptors (Lipinski definition) is 1. The summed E-state index contributed by atoms with van der Waals surface area (Å²) >= 11 is 0. The monoisotopic (exact) mass is 165 g/mol. The predicted molar refractivity (Wildman–Crippen MR) is 55.8 cm³/mol. The van der Waals surface area contributed by atoms with Crippen LogP contribution in [-0.2, 0) is 0 Å². The van der Waals surface area contributed by atoms with Gasteiger partial charge in [-0.1, -0.05) is 24.6 Å². The first-order valence-electron chi connectivity index (χ1n) is 4.42. The van der Waals surface area contributed by atoms with Crippen LogP contribution < -0.4 is 5.32 Å². The van der Waals surface area contributed by atoms with E-state index in [0.717, 1.165) is 6.42 Å². The van der Waals surface area contributed by atoms with Crippen molar-refractivity contribution in [3.05, 3.63) is 35.7 Å². The smallest absolute Gasteiger partial charge is 0.0143 e. The molecule has 12 heavy (non-hydrogen) atoms. The maximum absolute atomic E-state index is 3.21. The van der Waals surface area contributed by atoms with Crippen LogP contribution in [0.3, 0.4) is 0 Å². The van der Waals surface area contributed by atoms with Crippen LogP contribution in [0.4, 0.5) is 0 Å². The molecule has 0 rings (SSSR count). The molecule has 0 aromatic heterocycles. The standard InChI is InChI=1S/C11H19N/c1-5-9-12-11(6-2)8-7-10(3)4/h5,7-9,12H,6H2,1-4H3/b9-5-,11-8+. The largest absolute Gasteiger partial charge is 0.365 e. The highest BCUT2D eigenvalue weighted by Gasteiger charge is 1.85. The maximum atomic E-state index is 3.21. The van der Waals surface area contributed by atoms with Crippen LogP contribution in [-0.4, -0.2) is 0 Å². The Morgan fingerprint density at radius 1 is 1.25 bits per heavy atom. The average molecular weight is 165 g/mol. The van der Waals surface area contributed by atoms with E-state index < -0.39 is 0 Å². The summed E-state index contributed by atoms with van der Waals surface area (Å²) in [5.41, 5.74) is 2.57. The van der Waals surface area contributed by atoms with Crippen molar-refractivity contribution in [2.24, 2.45) is 0 Å². The molecule has 0 aliphatic carbocycles. The van der Waals surface area contributed by atoms with E-state index >= 15 is 0 Å². The number of nitrogens with one attached hydrogen (secondary N) is 1. The molecule has 1 N–H and O–H groups in total. The van der Waals surface area contributed by atoms with Gasteiger partial charge < -0.3 is 5.32 Å². The van der Waals surface area contributed by atoms with E-state index in [1.807, 2.05) is 19.2 Å². The van der Waals surface area contributed by atoms with Gasteiger partial charge in [0.05, 0.1) is 0 Å². The lowest BCUT2D eigenvalue weighted by atomic mass is 10.2. The zero-order valence-electron chi connectivity index (χ0n) is 8.52. The number of hydrogen-bond donors (Lipinski definition) is 1. The van der Waals surface area contributed by atoms with Gasteiger partial charge in [-0.25, -0.2) is 0 Å². The highest BCUT2D eigenvalue weighted by Crippen LogP contribution is 1.98. The second kappa shape index (κ2) is 6.71. The third-order valence-electron chi connectivity index (χ3n) is 1.43. The van der Waals surface area contributed by atoms with Crippen LogP contribution in [0, 0.1) is 0 Å². The topological polar surface area (TPSA) is 12.0 Å². The highest BCUT2D eigenvalue weighted by atomic mass is 14.8. The van der Waals surface area contributed by atoms with Crippen molar-refractivity contribution in [2.75, 3.05) is 0 Å². The van der Waals surface area contributed by atoms with Crippen LogP contribution in [0.15, 0.2) is 35.7 Å². The normalized spacial score (nSPS) is 11.8. The Labute approximate surface area is 75.9 Å². The fourth-order valence-corrected chi connectivity index (χ4v) is 0.726. The first-order chi connectivity index (χ1) is 5.70. The molecule has 1 nitrogen and oxygen atoms in total. The summed E-state index contributed by atoms with van der Waals surface area (Å²) in [5.74, 6) is 0. The van der Waals surface area contributed by atoms with Gasteiger partial charge in [0.2, 0.25) is 0 Å². The highest BCUT2D eigenvalue weighted by molar-refractivity contribution is 5.15. The summed E-state index contributed by atoms with van der Waals surface area (Å²) in [6.07, 6.45) is 9.22. The van der Waals surface area contributed by atoms with Crippen molar-refractivity contribution >= 4 is 0 Å². The molecule has 0 aromatic rings. The van der Waals surface area contributed by atoms with Gasteiger partial charge in [0.1, 0.15) is 0 Å². The van der Waals surface area contributed by atoms with E-state index in [1.54, 1.807) is 0 Å². The number of rotatable bonds is 4. The summed E-state index contributed by atoms with van der Waals surface area (Å²) in [6, 6.07) is 0. The predicted octanol–water partition coefficient (Wildman–Crippen LogP) is 3.37. The average Bonchev–Trinajstić information content (AvgIpc) is 2.05. The van der Waals surface area contributed by atoms with E-state index in [9.17, 15) is 0 Å². The minimum absolute atomic E-state index is 1.04. The zero-order valence-corrected chi connectivity index (χ0v) is 8.52. The second-order valence-electron chi connectivity index (χ2n) is 2.93. The van der Waals surface area contributed by atoms with Crippen molar-refractivity contribution in [1.29, 1.82) is 0 Å². The van der Waals surface area contributed by atoms with Gasteiger partial charge in [-0.3, -0.25) is 0 Å². The molecule has 0 unspecified atom stereocenters. The quantitative estimate of drug-likeness (QED) is 0.630. The van der Waals surface area contributed by atoms with Gasteiger partial charge in [0.25, 0.3) is 0 Å². The fraction of sp³-hybridized carbons (Fsp3) is 0.455. The first-order valence-corrected chi connectivity index (χ1v) is 4.42. The molecule has 0 aromatic carbocycles. The van der Waals surface area contributed by atoms with Crippen molar-refractivity contribution in [3.8, 4) is 0 Å². The molecule has 0 amide bonds. The van der Waals surface area contributed by atoms with E-state index in [4.69, 9.17) is 0 Å². The maximum Gasteiger partial charge on any atom is 0.0143 e. The molecule has 0 heterocycles. The third-order valence-corrected chi connectivity index (χ3v) is 1.43. The molecule has 0 bridgehead atoms. The van der Waals surface area contributed by atoms with Crippen molar-refractivity contribution in [1.82, 2.24) is 5.32 Å². The van der Waals surface area contributed by atoms with Gasteiger partial charge >= 0.3 is 0 Å². The van der Waals surface area contributed by atoms with Crippen molar-refractivity contribution < 1.29 is 0 Å². The minimum Gasteiger partial charge on any atom is -0.365 e. The van der Waals surface area contributed by atoms with E-state index in [-0.39, 0.29) is 0 Å². The van der Waals surface area contributed by atoms with Crippen LogP contribution >= 0.6 is 0 Å². The molecular formula is C11H19N. The Hall–Kier alpha value is -0.980. The molecule has 1 heteroatoms. The molecule has 0 aliphatic rings. The second-order valence-corrected chi connectivity index (χ2v) is 2.93. The molecule has 0 saturated heterocycles. The zero-order chi connectivity index (χ0) is 9.40. The summed E-state index contributed by atoms with van der Waals surface area (Å²) in [5, 5.41) is 3.21. The minimum atomic E-state index is 1.04. The van der Waals surface area contributed by atoms with Gasteiger partial charge in [-0.15, -0.1) is 0 Å². The summed E-state index contributed by atoms with van der Waals surface area (Å²) < 4.78 is 0. The Kier molecular flexibility index (Phi) is 6.16. The molecule has 0 aliphatic heterocycles. The van der Waals surface area contributed by atoms with Crippen molar-refractivity contribution in [2.45, 2.75) is 34.1 Å². The van der Waals surface area contributed by atoms with Crippen LogP contribution in [0.25, 0.3) is 0 Å². The van der Waals surface area contributed by atoms with E-state index in [0.29, 0.717) is 0 Å². The number of allylic oxidation sites excluding steroid dienone is 5. The molecule has 0 saturated carbocycles. The lowest BCUT2D eigenvalue weighted by Gasteiger charge is -2.01. The van der Waals surface area contributed by atoms with E-state index in [1.165, 1.54) is 11.3 Å².